The van der Waals surface area contributed by atoms with Crippen LogP contribution in [0.4, 0.5) is 5.69 Å². The van der Waals surface area contributed by atoms with Crippen LogP contribution in [0.1, 0.15) is 56.2 Å². The third-order valence-electron chi connectivity index (χ3n) is 7.60. The quantitative estimate of drug-likeness (QED) is 0.596. The van der Waals surface area contributed by atoms with Crippen LogP contribution in [0.25, 0.3) is 10.9 Å². The summed E-state index contributed by atoms with van der Waals surface area (Å²) < 4.78 is 12.0. The monoisotopic (exact) mass is 452 g/mol. The van der Waals surface area contributed by atoms with E-state index < -0.39 is 0 Å². The Morgan fingerprint density at radius 2 is 1.88 bits per heavy atom. The maximum absolute atomic E-state index is 6.22. The fraction of sp³-hybridized carbons (Fsp3) is 0.667. The van der Waals surface area contributed by atoms with Crippen molar-refractivity contribution in [1.29, 1.82) is 0 Å². The summed E-state index contributed by atoms with van der Waals surface area (Å²) in [5.74, 6) is 1.63. The number of fused-ring (bicyclic) bond motifs is 2. The number of ether oxygens (including phenoxy) is 2. The van der Waals surface area contributed by atoms with E-state index in [9.17, 15) is 0 Å². The van der Waals surface area contributed by atoms with Crippen LogP contribution in [-0.2, 0) is 12.8 Å². The van der Waals surface area contributed by atoms with Crippen LogP contribution in [0.3, 0.4) is 0 Å². The number of likely N-dealkylation sites (N-methyl/N-ethyl adjacent to an activating group) is 1. The van der Waals surface area contributed by atoms with Gasteiger partial charge in [0.05, 0.1) is 19.2 Å². The van der Waals surface area contributed by atoms with Gasteiger partial charge >= 0.3 is 0 Å². The lowest BCUT2D eigenvalue weighted by Gasteiger charge is -2.25. The number of aryl methyl sites for hydroxylation is 1. The molecule has 6 nitrogen and oxygen atoms in total. The van der Waals surface area contributed by atoms with Gasteiger partial charge in [0.15, 0.2) is 11.5 Å². The second kappa shape index (κ2) is 10.5. The molecule has 0 saturated carbocycles. The molecule has 3 heterocycles. The number of benzene rings is 1. The Labute approximate surface area is 198 Å². The van der Waals surface area contributed by atoms with Crippen LogP contribution in [0.5, 0.6) is 11.5 Å². The normalized spacial score (nSPS) is 21.8. The Hall–Kier alpha value is -2.05. The van der Waals surface area contributed by atoms with Gasteiger partial charge in [-0.25, -0.2) is 0 Å². The Kier molecular flexibility index (Phi) is 7.21. The van der Waals surface area contributed by atoms with Crippen LogP contribution >= 0.6 is 0 Å². The largest absolute Gasteiger partial charge is 0.493 e. The van der Waals surface area contributed by atoms with Crippen LogP contribution in [0, 0.1) is 0 Å². The van der Waals surface area contributed by atoms with Crippen molar-refractivity contribution in [2.24, 2.45) is 0 Å². The van der Waals surface area contributed by atoms with Gasteiger partial charge in [0.1, 0.15) is 0 Å². The summed E-state index contributed by atoms with van der Waals surface area (Å²) in [6, 6.07) is 4.73. The SMILES string of the molecule is COc1cc2c(N[C@H]3CCCCN(C)C3)c3c(nc2cc1OCCCN1CCCC1)CCC3. The first-order valence-corrected chi connectivity index (χ1v) is 13.0. The molecule has 180 valence electrons. The zero-order chi connectivity index (χ0) is 22.6. The van der Waals surface area contributed by atoms with E-state index >= 15 is 0 Å². The highest BCUT2D eigenvalue weighted by atomic mass is 16.5. The summed E-state index contributed by atoms with van der Waals surface area (Å²) in [4.78, 5) is 10.1. The topological polar surface area (TPSA) is 49.9 Å². The zero-order valence-electron chi connectivity index (χ0n) is 20.5. The van der Waals surface area contributed by atoms with Gasteiger partial charge in [-0.2, -0.15) is 0 Å². The molecule has 2 aromatic rings. The molecule has 2 fully saturated rings. The van der Waals surface area contributed by atoms with E-state index in [0.717, 1.165) is 49.4 Å². The number of methoxy groups -OCH3 is 1. The van der Waals surface area contributed by atoms with Gasteiger partial charge in [-0.05, 0) is 89.7 Å². The molecule has 0 bridgehead atoms. The molecule has 1 aliphatic carbocycles. The summed E-state index contributed by atoms with van der Waals surface area (Å²) in [5, 5.41) is 5.14. The number of hydrogen-bond donors (Lipinski definition) is 1. The second-order valence-corrected chi connectivity index (χ2v) is 10.1. The number of nitrogens with zero attached hydrogens (tertiary/aromatic N) is 3. The third kappa shape index (κ3) is 5.22. The highest BCUT2D eigenvalue weighted by molar-refractivity contribution is 5.96. The van der Waals surface area contributed by atoms with Crippen molar-refractivity contribution in [2.75, 3.05) is 58.8 Å². The lowest BCUT2D eigenvalue weighted by molar-refractivity contribution is 0.254. The fourth-order valence-corrected chi connectivity index (χ4v) is 5.84. The number of aromatic nitrogens is 1. The average molecular weight is 453 g/mol. The Balaban J connectivity index is 1.39. The Morgan fingerprint density at radius 3 is 2.73 bits per heavy atom. The van der Waals surface area contributed by atoms with Crippen LogP contribution in [0.15, 0.2) is 12.1 Å². The molecule has 3 aliphatic rings. The van der Waals surface area contributed by atoms with E-state index in [2.05, 4.69) is 34.3 Å². The predicted molar refractivity (Wildman–Crippen MR) is 135 cm³/mol. The van der Waals surface area contributed by atoms with Crippen molar-refractivity contribution in [3.8, 4) is 11.5 Å². The summed E-state index contributed by atoms with van der Waals surface area (Å²) in [7, 11) is 3.98. The molecular formula is C27H40N4O2. The van der Waals surface area contributed by atoms with Gasteiger partial charge in [0.2, 0.25) is 0 Å². The van der Waals surface area contributed by atoms with Crippen molar-refractivity contribution in [3.05, 3.63) is 23.4 Å². The van der Waals surface area contributed by atoms with Gasteiger partial charge in [-0.15, -0.1) is 0 Å². The molecule has 2 aliphatic heterocycles. The summed E-state index contributed by atoms with van der Waals surface area (Å²) in [5.41, 5.74) is 4.98. The van der Waals surface area contributed by atoms with Gasteiger partial charge in [-0.1, -0.05) is 6.42 Å². The number of hydrogen-bond acceptors (Lipinski definition) is 6. The molecule has 0 unspecified atom stereocenters. The molecule has 33 heavy (non-hydrogen) atoms. The number of rotatable bonds is 8. The van der Waals surface area contributed by atoms with Crippen molar-refractivity contribution in [2.45, 2.75) is 63.8 Å². The van der Waals surface area contributed by atoms with Crippen molar-refractivity contribution in [1.82, 2.24) is 14.8 Å². The lowest BCUT2D eigenvalue weighted by Crippen LogP contribution is -2.33. The highest BCUT2D eigenvalue weighted by Gasteiger charge is 2.24. The molecule has 0 radical (unpaired) electrons. The minimum atomic E-state index is 0.473. The third-order valence-corrected chi connectivity index (χ3v) is 7.60. The molecule has 0 spiro atoms. The zero-order valence-corrected chi connectivity index (χ0v) is 20.5. The molecule has 5 rings (SSSR count). The summed E-state index contributed by atoms with van der Waals surface area (Å²) in [6.45, 7) is 6.59. The lowest BCUT2D eigenvalue weighted by atomic mass is 10.0. The standard InChI is InChI=1S/C27H40N4O2/c1-30-12-4-3-9-20(19-30)28-27-21-10-7-11-23(21)29-24-18-26(25(32-2)17-22(24)27)33-16-8-15-31-13-5-6-14-31/h17-18,20H,3-16,19H2,1-2H3,(H,28,29)/t20-/m0/s1. The average Bonchev–Trinajstić information content (AvgIpc) is 3.46. The molecule has 2 saturated heterocycles. The van der Waals surface area contributed by atoms with E-state index in [4.69, 9.17) is 14.5 Å². The first kappa shape index (κ1) is 22.7. The maximum atomic E-state index is 6.22. The Morgan fingerprint density at radius 1 is 1.03 bits per heavy atom. The van der Waals surface area contributed by atoms with Crippen molar-refractivity contribution < 1.29 is 9.47 Å². The summed E-state index contributed by atoms with van der Waals surface area (Å²) in [6.07, 6.45) is 10.9. The molecule has 6 heteroatoms. The maximum Gasteiger partial charge on any atom is 0.163 e. The van der Waals surface area contributed by atoms with E-state index in [1.54, 1.807) is 7.11 Å². The second-order valence-electron chi connectivity index (χ2n) is 10.1. The molecule has 1 N–H and O–H groups in total. The van der Waals surface area contributed by atoms with Gasteiger partial charge in [-0.3, -0.25) is 4.98 Å². The number of nitrogens with one attached hydrogen (secondary N) is 1. The Bertz CT molecular complexity index is 957. The van der Waals surface area contributed by atoms with E-state index in [1.807, 2.05) is 0 Å². The molecule has 1 aromatic heterocycles. The molecule has 0 amide bonds. The van der Waals surface area contributed by atoms with Gasteiger partial charge < -0.3 is 24.6 Å². The van der Waals surface area contributed by atoms with E-state index in [1.165, 1.54) is 80.5 Å². The van der Waals surface area contributed by atoms with Gasteiger partial charge in [0, 0.05) is 42.0 Å². The smallest absolute Gasteiger partial charge is 0.163 e. The minimum absolute atomic E-state index is 0.473. The minimum Gasteiger partial charge on any atom is -0.493 e. The van der Waals surface area contributed by atoms with E-state index in [-0.39, 0.29) is 0 Å². The van der Waals surface area contributed by atoms with Crippen molar-refractivity contribution >= 4 is 16.6 Å². The predicted octanol–water partition coefficient (Wildman–Crippen LogP) is 4.49. The van der Waals surface area contributed by atoms with Gasteiger partial charge in [0.25, 0.3) is 0 Å². The van der Waals surface area contributed by atoms with Crippen LogP contribution < -0.4 is 14.8 Å². The fourth-order valence-electron chi connectivity index (χ4n) is 5.84. The van der Waals surface area contributed by atoms with Crippen molar-refractivity contribution in [3.63, 3.8) is 0 Å². The molecule has 1 aromatic carbocycles. The number of likely N-dealkylation sites (tertiary alicyclic amines) is 2. The number of pyridine rings is 1. The molecule has 1 atom stereocenters. The number of anilines is 1. The van der Waals surface area contributed by atoms with E-state index in [0.29, 0.717) is 12.6 Å². The molecular weight excluding hydrogens is 412 g/mol. The first-order valence-electron chi connectivity index (χ1n) is 13.0. The van der Waals surface area contributed by atoms with Crippen LogP contribution in [-0.4, -0.2) is 74.3 Å². The first-order chi connectivity index (χ1) is 16.2. The highest BCUT2D eigenvalue weighted by Crippen LogP contribution is 2.40. The summed E-state index contributed by atoms with van der Waals surface area (Å²) >= 11 is 0. The van der Waals surface area contributed by atoms with Crippen LogP contribution in [0.2, 0.25) is 0 Å².